The van der Waals surface area contributed by atoms with Gasteiger partial charge in [-0.1, -0.05) is 0 Å². The third kappa shape index (κ3) is 3.30. The Morgan fingerprint density at radius 3 is 2.47 bits per heavy atom. The largest absolute Gasteiger partial charge is 0.573 e. The highest BCUT2D eigenvalue weighted by Gasteiger charge is 2.38. The fraction of sp³-hybridized carbons (Fsp3) is 0.333. The molecule has 1 rings (SSSR count). The summed E-state index contributed by atoms with van der Waals surface area (Å²) in [6, 6.07) is 0. The minimum atomic E-state index is -5.11. The number of nitro groups is 1. The maximum atomic E-state index is 12.2. The first kappa shape index (κ1) is 14.7. The Morgan fingerprint density at radius 2 is 2.05 bits per heavy atom. The zero-order valence-electron chi connectivity index (χ0n) is 9.65. The van der Waals surface area contributed by atoms with E-state index in [4.69, 9.17) is 0 Å². The second-order valence-electron chi connectivity index (χ2n) is 3.27. The predicted molar refractivity (Wildman–Crippen MR) is 53.7 cm³/mol. The van der Waals surface area contributed by atoms with Gasteiger partial charge in [0.05, 0.1) is 7.11 Å². The molecule has 0 spiro atoms. The van der Waals surface area contributed by atoms with Gasteiger partial charge in [-0.2, -0.15) is 0 Å². The van der Waals surface area contributed by atoms with Crippen molar-refractivity contribution in [2.45, 2.75) is 13.3 Å². The summed E-state index contributed by atoms with van der Waals surface area (Å²) in [5.74, 6) is -3.42. The fourth-order valence-corrected chi connectivity index (χ4v) is 1.25. The van der Waals surface area contributed by atoms with E-state index in [0.717, 1.165) is 20.2 Å². The zero-order chi connectivity index (χ0) is 14.8. The molecule has 0 amide bonds. The Hall–Kier alpha value is -2.39. The first-order valence-electron chi connectivity index (χ1n) is 4.65. The van der Waals surface area contributed by atoms with E-state index in [1.807, 2.05) is 0 Å². The summed E-state index contributed by atoms with van der Waals surface area (Å²) in [6.45, 7) is 1.16. The maximum absolute atomic E-state index is 12.2. The van der Waals surface area contributed by atoms with Crippen LogP contribution in [-0.2, 0) is 4.74 Å². The van der Waals surface area contributed by atoms with Gasteiger partial charge in [0, 0.05) is 5.56 Å². The van der Waals surface area contributed by atoms with Crippen LogP contribution in [0.25, 0.3) is 0 Å². The Balaban J connectivity index is 3.53. The quantitative estimate of drug-likeness (QED) is 0.477. The van der Waals surface area contributed by atoms with Crippen molar-refractivity contribution in [2.75, 3.05) is 7.11 Å². The molecule has 1 aromatic heterocycles. The summed E-state index contributed by atoms with van der Waals surface area (Å²) in [6.07, 6.45) is -4.31. The number of hydrogen-bond donors (Lipinski definition) is 0. The zero-order valence-corrected chi connectivity index (χ0v) is 9.65. The van der Waals surface area contributed by atoms with Crippen LogP contribution in [0.5, 0.6) is 5.75 Å². The minimum absolute atomic E-state index is 0.191. The number of alkyl halides is 3. The van der Waals surface area contributed by atoms with Crippen LogP contribution in [0.1, 0.15) is 15.9 Å². The molecule has 0 fully saturated rings. The molecule has 7 nitrogen and oxygen atoms in total. The van der Waals surface area contributed by atoms with Crippen molar-refractivity contribution in [1.29, 1.82) is 0 Å². The Labute approximate surface area is 104 Å². The minimum Gasteiger partial charge on any atom is -0.465 e. The number of methoxy groups -OCH3 is 1. The summed E-state index contributed by atoms with van der Waals surface area (Å²) in [4.78, 5) is 24.2. The van der Waals surface area contributed by atoms with Crippen LogP contribution in [-0.4, -0.2) is 29.3 Å². The number of ether oxygens (including phenoxy) is 2. The Bertz CT molecular complexity index is 529. The van der Waals surface area contributed by atoms with Crippen LogP contribution in [0, 0.1) is 17.0 Å². The van der Waals surface area contributed by atoms with Crippen molar-refractivity contribution in [3.63, 3.8) is 0 Å². The number of rotatable bonds is 3. The third-order valence-electron chi connectivity index (χ3n) is 1.97. The summed E-state index contributed by atoms with van der Waals surface area (Å²) >= 11 is 0. The number of carbonyl (C=O) groups is 1. The molecule has 0 aromatic carbocycles. The lowest BCUT2D eigenvalue weighted by Crippen LogP contribution is -2.21. The van der Waals surface area contributed by atoms with Gasteiger partial charge in [0.15, 0.2) is 11.3 Å². The highest BCUT2D eigenvalue weighted by molar-refractivity contribution is 5.96. The lowest BCUT2D eigenvalue weighted by atomic mass is 10.1. The molecular formula is C9H7F3N2O5. The summed E-state index contributed by atoms with van der Waals surface area (Å²) in [7, 11) is 0.867. The molecule has 0 aliphatic heterocycles. The van der Waals surface area contributed by atoms with E-state index >= 15 is 0 Å². The van der Waals surface area contributed by atoms with Crippen molar-refractivity contribution < 1.29 is 32.4 Å². The smallest absolute Gasteiger partial charge is 0.465 e. The highest BCUT2D eigenvalue weighted by atomic mass is 19.4. The van der Waals surface area contributed by atoms with Crippen LogP contribution >= 0.6 is 0 Å². The molecule has 19 heavy (non-hydrogen) atoms. The van der Waals surface area contributed by atoms with Gasteiger partial charge in [0.2, 0.25) is 0 Å². The first-order valence-corrected chi connectivity index (χ1v) is 4.65. The number of hydrogen-bond acceptors (Lipinski definition) is 6. The molecule has 0 atom stereocenters. The molecule has 0 aliphatic carbocycles. The average molecular weight is 280 g/mol. The molecular weight excluding hydrogens is 273 g/mol. The topological polar surface area (TPSA) is 91.6 Å². The summed E-state index contributed by atoms with van der Waals surface area (Å²) < 4.78 is 44.5. The van der Waals surface area contributed by atoms with Gasteiger partial charge >= 0.3 is 18.1 Å². The second kappa shape index (κ2) is 5.08. The molecule has 10 heteroatoms. The molecule has 0 aliphatic rings. The lowest BCUT2D eigenvalue weighted by molar-refractivity contribution is -0.390. The maximum Gasteiger partial charge on any atom is 0.573 e. The van der Waals surface area contributed by atoms with E-state index in [1.165, 1.54) is 0 Å². The Morgan fingerprint density at radius 1 is 1.47 bits per heavy atom. The molecule has 0 saturated heterocycles. The fourth-order valence-electron chi connectivity index (χ4n) is 1.25. The van der Waals surface area contributed by atoms with Gasteiger partial charge in [-0.15, -0.1) is 13.2 Å². The van der Waals surface area contributed by atoms with E-state index < -0.39 is 34.4 Å². The monoisotopic (exact) mass is 280 g/mol. The van der Waals surface area contributed by atoms with Crippen molar-refractivity contribution in [2.24, 2.45) is 0 Å². The number of halogens is 3. The number of pyridine rings is 1. The van der Waals surface area contributed by atoms with Crippen LogP contribution < -0.4 is 4.74 Å². The molecule has 0 radical (unpaired) electrons. The normalized spacial score (nSPS) is 11.0. The predicted octanol–water partition coefficient (Wildman–Crippen LogP) is 1.98. The number of esters is 1. The molecule has 104 valence electrons. The number of carbonyl (C=O) groups excluding carboxylic acids is 1. The molecule has 0 saturated carbocycles. The van der Waals surface area contributed by atoms with E-state index in [0.29, 0.717) is 0 Å². The summed E-state index contributed by atoms with van der Waals surface area (Å²) in [5, 5.41) is 10.7. The third-order valence-corrected chi connectivity index (χ3v) is 1.97. The van der Waals surface area contributed by atoms with Gasteiger partial charge in [-0.05, 0) is 16.8 Å². The molecule has 1 heterocycles. The van der Waals surface area contributed by atoms with Crippen molar-refractivity contribution >= 4 is 11.8 Å². The first-order chi connectivity index (χ1) is 8.67. The van der Waals surface area contributed by atoms with Crippen molar-refractivity contribution in [1.82, 2.24) is 4.98 Å². The van der Waals surface area contributed by atoms with E-state index in [-0.39, 0.29) is 5.56 Å². The van der Waals surface area contributed by atoms with Gasteiger partial charge in [-0.3, -0.25) is 0 Å². The molecule has 1 aromatic rings. The number of nitrogens with zero attached hydrogens (tertiary/aromatic N) is 2. The Kier molecular flexibility index (Phi) is 3.92. The van der Waals surface area contributed by atoms with E-state index in [9.17, 15) is 28.1 Å². The molecule has 0 unspecified atom stereocenters. The standard InChI is InChI=1S/C9H7F3N2O5/c1-4-3-13-7(14(16)17)5(8(15)18-2)6(4)19-9(10,11)12/h3H,1-2H3. The van der Waals surface area contributed by atoms with Crippen LogP contribution in [0.3, 0.4) is 0 Å². The molecule has 0 bridgehead atoms. The lowest BCUT2D eigenvalue weighted by Gasteiger charge is -2.13. The number of aryl methyl sites for hydroxylation is 1. The average Bonchev–Trinajstić information content (AvgIpc) is 2.28. The van der Waals surface area contributed by atoms with Gasteiger partial charge < -0.3 is 19.6 Å². The van der Waals surface area contributed by atoms with E-state index in [1.54, 1.807) is 0 Å². The van der Waals surface area contributed by atoms with Crippen LogP contribution in [0.2, 0.25) is 0 Å². The van der Waals surface area contributed by atoms with E-state index in [2.05, 4.69) is 14.5 Å². The number of aromatic nitrogens is 1. The molecule has 0 N–H and O–H groups in total. The second-order valence-corrected chi connectivity index (χ2v) is 3.27. The van der Waals surface area contributed by atoms with Crippen LogP contribution in [0.15, 0.2) is 6.20 Å². The highest BCUT2D eigenvalue weighted by Crippen LogP contribution is 2.34. The van der Waals surface area contributed by atoms with Crippen molar-refractivity contribution in [3.8, 4) is 5.75 Å². The van der Waals surface area contributed by atoms with Gasteiger partial charge in [-0.25, -0.2) is 4.79 Å². The van der Waals surface area contributed by atoms with Crippen LogP contribution in [0.4, 0.5) is 19.0 Å². The van der Waals surface area contributed by atoms with Gasteiger partial charge in [0.25, 0.3) is 0 Å². The SMILES string of the molecule is COC(=O)c1c([N+](=O)[O-])ncc(C)c1OC(F)(F)F. The van der Waals surface area contributed by atoms with Crippen molar-refractivity contribution in [3.05, 3.63) is 27.4 Å². The summed E-state index contributed by atoms with van der Waals surface area (Å²) in [5.41, 5.74) is -1.17. The van der Waals surface area contributed by atoms with Gasteiger partial charge in [0.1, 0.15) is 6.20 Å².